The Kier molecular flexibility index (Phi) is 5.59. The van der Waals surface area contributed by atoms with E-state index < -0.39 is 0 Å². The van der Waals surface area contributed by atoms with Crippen LogP contribution < -0.4 is 5.32 Å². The second-order valence-corrected chi connectivity index (χ2v) is 6.18. The van der Waals surface area contributed by atoms with Crippen LogP contribution in [0.2, 0.25) is 5.15 Å². The first-order valence-corrected chi connectivity index (χ1v) is 7.10. The molecule has 1 rings (SSSR count). The van der Waals surface area contributed by atoms with Crippen molar-refractivity contribution in [2.75, 3.05) is 0 Å². The van der Waals surface area contributed by atoms with Crippen molar-refractivity contribution in [3.8, 4) is 12.3 Å². The maximum atomic E-state index is 12.2. The van der Waals surface area contributed by atoms with E-state index in [1.165, 1.54) is 0 Å². The highest BCUT2D eigenvalue weighted by Gasteiger charge is 2.19. The Bertz CT molecular complexity index is 526. The summed E-state index contributed by atoms with van der Waals surface area (Å²) < 4.78 is 0. The van der Waals surface area contributed by atoms with Gasteiger partial charge >= 0.3 is 0 Å². The predicted octanol–water partition coefficient (Wildman–Crippen LogP) is 3.56. The zero-order chi connectivity index (χ0) is 15.3. The summed E-state index contributed by atoms with van der Waals surface area (Å²) in [6, 6.07) is 3.07. The molecule has 0 saturated heterocycles. The number of carbonyl (C=O) groups is 1. The van der Waals surface area contributed by atoms with Gasteiger partial charge in [-0.2, -0.15) is 0 Å². The molecular formula is C16H21ClN2O. The number of terminal acetylenes is 1. The van der Waals surface area contributed by atoms with Crippen molar-refractivity contribution in [2.24, 2.45) is 0 Å². The molecule has 108 valence electrons. The average molecular weight is 293 g/mol. The third-order valence-electron chi connectivity index (χ3n) is 2.91. The molecule has 0 spiro atoms. The molecule has 3 nitrogen and oxygen atoms in total. The van der Waals surface area contributed by atoms with Gasteiger partial charge in [0, 0.05) is 16.7 Å². The number of halogens is 1. The van der Waals surface area contributed by atoms with Gasteiger partial charge in [0.2, 0.25) is 0 Å². The van der Waals surface area contributed by atoms with Gasteiger partial charge in [-0.15, -0.1) is 6.42 Å². The van der Waals surface area contributed by atoms with Crippen LogP contribution in [0.25, 0.3) is 0 Å². The van der Waals surface area contributed by atoms with Crippen LogP contribution in [0, 0.1) is 12.3 Å². The minimum absolute atomic E-state index is 0.172. The number of rotatable bonds is 4. The summed E-state index contributed by atoms with van der Waals surface area (Å²) in [6.07, 6.45) is 7.08. The number of nitrogens with one attached hydrogen (secondary N) is 1. The van der Waals surface area contributed by atoms with E-state index in [-0.39, 0.29) is 17.4 Å². The zero-order valence-corrected chi connectivity index (χ0v) is 13.2. The standard InChI is InChI=1S/C16H21ClN2O/c1-6-8-12(7-2)18-15(20)11-9-13(16(3,4)5)19-14(17)10-11/h2,9-10,12H,6,8H2,1,3-5H3,(H,18,20). The van der Waals surface area contributed by atoms with Crippen molar-refractivity contribution in [3.05, 3.63) is 28.5 Å². The van der Waals surface area contributed by atoms with Crippen LogP contribution in [-0.4, -0.2) is 16.9 Å². The SMILES string of the molecule is C#CC(CCC)NC(=O)c1cc(Cl)nc(C(C)(C)C)c1. The van der Waals surface area contributed by atoms with Gasteiger partial charge in [-0.25, -0.2) is 4.98 Å². The Morgan fingerprint density at radius 2 is 2.15 bits per heavy atom. The quantitative estimate of drug-likeness (QED) is 0.681. The maximum absolute atomic E-state index is 12.2. The number of carbonyl (C=O) groups excluding carboxylic acids is 1. The largest absolute Gasteiger partial charge is 0.338 e. The number of amides is 1. The van der Waals surface area contributed by atoms with Crippen LogP contribution in [0.1, 0.15) is 56.6 Å². The second kappa shape index (κ2) is 6.76. The molecular weight excluding hydrogens is 272 g/mol. The maximum Gasteiger partial charge on any atom is 0.252 e. The first-order valence-electron chi connectivity index (χ1n) is 6.73. The minimum atomic E-state index is -0.252. The molecule has 1 amide bonds. The monoisotopic (exact) mass is 292 g/mol. The van der Waals surface area contributed by atoms with Gasteiger partial charge < -0.3 is 5.32 Å². The van der Waals surface area contributed by atoms with E-state index in [2.05, 4.69) is 16.2 Å². The number of pyridine rings is 1. The van der Waals surface area contributed by atoms with E-state index in [0.717, 1.165) is 18.5 Å². The molecule has 0 aromatic carbocycles. The van der Waals surface area contributed by atoms with Gasteiger partial charge in [0.05, 0.1) is 6.04 Å². The first-order chi connectivity index (χ1) is 9.27. The van der Waals surface area contributed by atoms with Gasteiger partial charge in [-0.3, -0.25) is 4.79 Å². The van der Waals surface area contributed by atoms with E-state index in [1.54, 1.807) is 12.1 Å². The van der Waals surface area contributed by atoms with E-state index >= 15 is 0 Å². The summed E-state index contributed by atoms with van der Waals surface area (Å²) in [5.74, 6) is 2.37. The Morgan fingerprint density at radius 3 is 2.65 bits per heavy atom. The summed E-state index contributed by atoms with van der Waals surface area (Å²) >= 11 is 6.00. The fraction of sp³-hybridized carbons (Fsp3) is 0.500. The average Bonchev–Trinajstić information content (AvgIpc) is 2.36. The number of aromatic nitrogens is 1. The lowest BCUT2D eigenvalue weighted by Crippen LogP contribution is -2.34. The molecule has 1 aromatic heterocycles. The lowest BCUT2D eigenvalue weighted by Gasteiger charge is -2.19. The van der Waals surface area contributed by atoms with E-state index in [9.17, 15) is 4.79 Å². The molecule has 0 fully saturated rings. The summed E-state index contributed by atoms with van der Waals surface area (Å²) in [5.41, 5.74) is 1.10. The Labute approximate surface area is 126 Å². The fourth-order valence-electron chi connectivity index (χ4n) is 1.74. The molecule has 0 saturated carbocycles. The Hall–Kier alpha value is -1.53. The van der Waals surface area contributed by atoms with Crippen molar-refractivity contribution in [3.63, 3.8) is 0 Å². The Morgan fingerprint density at radius 1 is 1.50 bits per heavy atom. The first kappa shape index (κ1) is 16.5. The summed E-state index contributed by atoms with van der Waals surface area (Å²) in [7, 11) is 0. The van der Waals surface area contributed by atoms with Gasteiger partial charge in [-0.05, 0) is 18.6 Å². The third kappa shape index (κ3) is 4.54. The van der Waals surface area contributed by atoms with Gasteiger partial charge in [-0.1, -0.05) is 51.6 Å². The van der Waals surface area contributed by atoms with Crippen LogP contribution in [0.5, 0.6) is 0 Å². The summed E-state index contributed by atoms with van der Waals surface area (Å²) in [4.78, 5) is 16.5. The molecule has 0 aliphatic rings. The van der Waals surface area contributed by atoms with Crippen molar-refractivity contribution in [1.82, 2.24) is 10.3 Å². The zero-order valence-electron chi connectivity index (χ0n) is 12.5. The van der Waals surface area contributed by atoms with E-state index in [0.29, 0.717) is 10.7 Å². The normalized spacial score (nSPS) is 12.6. The topological polar surface area (TPSA) is 42.0 Å². The molecule has 0 aliphatic heterocycles. The molecule has 1 atom stereocenters. The van der Waals surface area contributed by atoms with Crippen molar-refractivity contribution in [2.45, 2.75) is 52.0 Å². The van der Waals surface area contributed by atoms with E-state index in [4.69, 9.17) is 18.0 Å². The third-order valence-corrected chi connectivity index (χ3v) is 3.10. The van der Waals surface area contributed by atoms with Crippen molar-refractivity contribution < 1.29 is 4.79 Å². The highest BCUT2D eigenvalue weighted by molar-refractivity contribution is 6.29. The molecule has 20 heavy (non-hydrogen) atoms. The van der Waals surface area contributed by atoms with Crippen LogP contribution >= 0.6 is 11.6 Å². The minimum Gasteiger partial charge on any atom is -0.338 e. The van der Waals surface area contributed by atoms with Crippen molar-refractivity contribution >= 4 is 17.5 Å². The molecule has 0 bridgehead atoms. The molecule has 1 N–H and O–H groups in total. The van der Waals surface area contributed by atoms with Crippen molar-refractivity contribution in [1.29, 1.82) is 0 Å². The van der Waals surface area contributed by atoms with Crippen LogP contribution in [0.15, 0.2) is 12.1 Å². The Balaban J connectivity index is 2.99. The number of hydrogen-bond donors (Lipinski definition) is 1. The molecule has 1 heterocycles. The highest BCUT2D eigenvalue weighted by Crippen LogP contribution is 2.23. The molecule has 0 radical (unpaired) electrons. The van der Waals surface area contributed by atoms with Gasteiger partial charge in [0.15, 0.2) is 0 Å². The lowest BCUT2D eigenvalue weighted by atomic mass is 9.91. The van der Waals surface area contributed by atoms with E-state index in [1.807, 2.05) is 27.7 Å². The molecule has 0 aliphatic carbocycles. The van der Waals surface area contributed by atoms with Gasteiger partial charge in [0.25, 0.3) is 5.91 Å². The number of nitrogens with zero attached hydrogens (tertiary/aromatic N) is 1. The molecule has 4 heteroatoms. The molecule has 1 unspecified atom stereocenters. The highest BCUT2D eigenvalue weighted by atomic mass is 35.5. The second-order valence-electron chi connectivity index (χ2n) is 5.80. The summed E-state index contributed by atoms with van der Waals surface area (Å²) in [6.45, 7) is 8.09. The fourth-order valence-corrected chi connectivity index (χ4v) is 1.95. The summed E-state index contributed by atoms with van der Waals surface area (Å²) in [5, 5.41) is 3.14. The predicted molar refractivity (Wildman–Crippen MR) is 82.9 cm³/mol. The smallest absolute Gasteiger partial charge is 0.252 e. The van der Waals surface area contributed by atoms with Gasteiger partial charge in [0.1, 0.15) is 5.15 Å². The molecule has 1 aromatic rings. The number of hydrogen-bond acceptors (Lipinski definition) is 2. The van der Waals surface area contributed by atoms with Crippen LogP contribution in [-0.2, 0) is 5.41 Å². The van der Waals surface area contributed by atoms with Crippen LogP contribution in [0.4, 0.5) is 0 Å². The van der Waals surface area contributed by atoms with Crippen LogP contribution in [0.3, 0.4) is 0 Å². The lowest BCUT2D eigenvalue weighted by molar-refractivity contribution is 0.0944.